The molecule has 1 atom stereocenters. The lowest BCUT2D eigenvalue weighted by molar-refractivity contribution is -0.120. The van der Waals surface area contributed by atoms with Gasteiger partial charge in [-0.15, -0.1) is 16.4 Å². The maximum atomic E-state index is 12.1. The zero-order valence-corrected chi connectivity index (χ0v) is 14.6. The third-order valence-corrected chi connectivity index (χ3v) is 4.90. The van der Waals surface area contributed by atoms with Crippen molar-refractivity contribution in [2.24, 2.45) is 0 Å². The van der Waals surface area contributed by atoms with E-state index < -0.39 is 0 Å². The first-order valence-electron chi connectivity index (χ1n) is 7.31. The van der Waals surface area contributed by atoms with Crippen LogP contribution in [0.15, 0.2) is 45.5 Å². The highest BCUT2D eigenvalue weighted by molar-refractivity contribution is 8.00. The zero-order valence-electron chi connectivity index (χ0n) is 12.9. The van der Waals surface area contributed by atoms with Crippen LogP contribution < -0.4 is 5.32 Å². The lowest BCUT2D eigenvalue weighted by Gasteiger charge is -2.08. The zero-order chi connectivity index (χ0) is 16.8. The molecule has 0 saturated heterocycles. The van der Waals surface area contributed by atoms with Gasteiger partial charge in [0.15, 0.2) is 0 Å². The number of thioether (sulfide) groups is 1. The van der Waals surface area contributed by atoms with E-state index >= 15 is 0 Å². The second kappa shape index (κ2) is 7.98. The van der Waals surface area contributed by atoms with E-state index in [1.807, 2.05) is 42.7 Å². The molecule has 3 aromatic rings. The van der Waals surface area contributed by atoms with Crippen LogP contribution in [0.3, 0.4) is 0 Å². The Balaban J connectivity index is 1.51. The summed E-state index contributed by atoms with van der Waals surface area (Å²) in [6.07, 6.45) is 5.42. The number of carbonyl (C=O) groups is 1. The third kappa shape index (κ3) is 4.59. The number of H-pyrrole nitrogens is 1. The average Bonchev–Trinajstić information content (AvgIpc) is 3.32. The molecule has 3 aromatic heterocycles. The van der Waals surface area contributed by atoms with E-state index in [4.69, 9.17) is 4.42 Å². The summed E-state index contributed by atoms with van der Waals surface area (Å²) in [5.74, 6) is 1.30. The molecule has 0 fully saturated rings. The number of aromatic nitrogens is 3. The molecular weight excluding hydrogens is 344 g/mol. The van der Waals surface area contributed by atoms with Crippen molar-refractivity contribution in [2.45, 2.75) is 23.9 Å². The van der Waals surface area contributed by atoms with Gasteiger partial charge in [0, 0.05) is 4.88 Å². The number of furan rings is 1. The van der Waals surface area contributed by atoms with Crippen LogP contribution in [0.2, 0.25) is 0 Å². The fourth-order valence-corrected chi connectivity index (χ4v) is 3.25. The van der Waals surface area contributed by atoms with Crippen molar-refractivity contribution in [1.29, 1.82) is 0 Å². The molecule has 2 N–H and O–H groups in total. The molecule has 3 heterocycles. The summed E-state index contributed by atoms with van der Waals surface area (Å²) in [4.78, 5) is 17.6. The van der Waals surface area contributed by atoms with Crippen molar-refractivity contribution in [3.63, 3.8) is 0 Å². The van der Waals surface area contributed by atoms with Crippen LogP contribution in [0.4, 0.5) is 0 Å². The molecule has 0 saturated carbocycles. The maximum absolute atomic E-state index is 12.1. The van der Waals surface area contributed by atoms with E-state index in [9.17, 15) is 4.79 Å². The van der Waals surface area contributed by atoms with Gasteiger partial charge in [-0.25, -0.2) is 4.98 Å². The molecule has 24 heavy (non-hydrogen) atoms. The summed E-state index contributed by atoms with van der Waals surface area (Å²) >= 11 is 2.96. The van der Waals surface area contributed by atoms with Crippen LogP contribution in [0.1, 0.15) is 23.4 Å². The minimum atomic E-state index is -0.301. The van der Waals surface area contributed by atoms with Crippen molar-refractivity contribution in [3.8, 4) is 0 Å². The third-order valence-electron chi connectivity index (χ3n) is 3.10. The summed E-state index contributed by atoms with van der Waals surface area (Å²) in [6, 6.07) is 7.63. The van der Waals surface area contributed by atoms with Gasteiger partial charge in [0.05, 0.1) is 18.1 Å². The van der Waals surface area contributed by atoms with Crippen LogP contribution >= 0.6 is 23.1 Å². The smallest absolute Gasteiger partial charge is 0.233 e. The molecule has 0 aliphatic carbocycles. The van der Waals surface area contributed by atoms with Crippen molar-refractivity contribution in [3.05, 3.63) is 52.4 Å². The Hall–Kier alpha value is -2.32. The van der Waals surface area contributed by atoms with Crippen LogP contribution in [-0.2, 0) is 11.3 Å². The molecule has 3 rings (SSSR count). The average molecular weight is 360 g/mol. The first-order valence-corrected chi connectivity index (χ1v) is 9.07. The summed E-state index contributed by atoms with van der Waals surface area (Å²) < 4.78 is 5.18. The normalized spacial score (nSPS) is 12.5. The minimum Gasteiger partial charge on any atom is -0.467 e. The monoisotopic (exact) mass is 360 g/mol. The number of hydrogen-bond donors (Lipinski definition) is 2. The predicted octanol–water partition coefficient (Wildman–Crippen LogP) is 3.43. The van der Waals surface area contributed by atoms with Gasteiger partial charge in [0.1, 0.15) is 11.6 Å². The number of rotatable bonds is 7. The van der Waals surface area contributed by atoms with E-state index in [0.29, 0.717) is 17.5 Å². The molecule has 1 amide bonds. The largest absolute Gasteiger partial charge is 0.467 e. The van der Waals surface area contributed by atoms with Crippen molar-refractivity contribution < 1.29 is 9.21 Å². The Kier molecular flexibility index (Phi) is 5.50. The van der Waals surface area contributed by atoms with Gasteiger partial charge in [-0.05, 0) is 42.7 Å². The van der Waals surface area contributed by atoms with E-state index in [0.717, 1.165) is 10.6 Å². The summed E-state index contributed by atoms with van der Waals surface area (Å²) in [6.45, 7) is 2.19. The number of nitrogens with one attached hydrogen (secondary N) is 2. The second-order valence-corrected chi connectivity index (χ2v) is 7.20. The maximum Gasteiger partial charge on any atom is 0.233 e. The van der Waals surface area contributed by atoms with E-state index in [1.54, 1.807) is 23.7 Å². The molecule has 0 aliphatic rings. The molecule has 0 aliphatic heterocycles. The Labute approximate surface area is 147 Å². The minimum absolute atomic E-state index is 0.0862. The number of carbonyl (C=O) groups excluding carboxylic acids is 1. The Morgan fingerprint density at radius 2 is 2.38 bits per heavy atom. The second-order valence-electron chi connectivity index (χ2n) is 4.91. The Morgan fingerprint density at radius 3 is 3.12 bits per heavy atom. The lowest BCUT2D eigenvalue weighted by Crippen LogP contribution is -2.30. The van der Waals surface area contributed by atoms with Gasteiger partial charge in [-0.2, -0.15) is 0 Å². The molecule has 0 spiro atoms. The fraction of sp³-hybridized carbons (Fsp3) is 0.188. The fourth-order valence-electron chi connectivity index (χ4n) is 1.88. The number of hydrogen-bond acceptors (Lipinski definition) is 6. The molecule has 0 radical (unpaired) electrons. The van der Waals surface area contributed by atoms with Crippen LogP contribution in [-0.4, -0.2) is 26.3 Å². The van der Waals surface area contributed by atoms with E-state index in [-0.39, 0.29) is 11.2 Å². The highest BCUT2D eigenvalue weighted by Gasteiger charge is 2.16. The van der Waals surface area contributed by atoms with Crippen LogP contribution in [0.5, 0.6) is 0 Å². The highest BCUT2D eigenvalue weighted by Crippen LogP contribution is 2.20. The van der Waals surface area contributed by atoms with Gasteiger partial charge in [-0.3, -0.25) is 9.89 Å². The lowest BCUT2D eigenvalue weighted by atomic mass is 10.4. The summed E-state index contributed by atoms with van der Waals surface area (Å²) in [5, 5.41) is 12.1. The van der Waals surface area contributed by atoms with E-state index in [1.165, 1.54) is 11.8 Å². The molecule has 0 bridgehead atoms. The first kappa shape index (κ1) is 16.5. The van der Waals surface area contributed by atoms with E-state index in [2.05, 4.69) is 20.5 Å². The Morgan fingerprint density at radius 1 is 1.46 bits per heavy atom. The number of aromatic amines is 1. The predicted molar refractivity (Wildman–Crippen MR) is 95.5 cm³/mol. The summed E-state index contributed by atoms with van der Waals surface area (Å²) in [5.41, 5.74) is 0. The van der Waals surface area contributed by atoms with Gasteiger partial charge in [0.25, 0.3) is 0 Å². The molecular formula is C16H16N4O2S2. The molecule has 8 heteroatoms. The van der Waals surface area contributed by atoms with Crippen molar-refractivity contribution >= 4 is 41.2 Å². The number of thiophene rings is 1. The van der Waals surface area contributed by atoms with Crippen molar-refractivity contribution in [2.75, 3.05) is 0 Å². The van der Waals surface area contributed by atoms with Crippen LogP contribution in [0.25, 0.3) is 12.2 Å². The number of amides is 1. The van der Waals surface area contributed by atoms with Crippen molar-refractivity contribution in [1.82, 2.24) is 20.5 Å². The Bertz CT molecular complexity index is 794. The summed E-state index contributed by atoms with van der Waals surface area (Å²) in [7, 11) is 0. The molecule has 6 nitrogen and oxygen atoms in total. The first-order chi connectivity index (χ1) is 11.7. The van der Waals surface area contributed by atoms with Gasteiger partial charge < -0.3 is 9.73 Å². The van der Waals surface area contributed by atoms with Gasteiger partial charge in [0.2, 0.25) is 11.1 Å². The van der Waals surface area contributed by atoms with Gasteiger partial charge in [-0.1, -0.05) is 17.8 Å². The topological polar surface area (TPSA) is 83.8 Å². The molecule has 0 aromatic carbocycles. The molecule has 124 valence electrons. The number of nitrogens with zero attached hydrogens (tertiary/aromatic N) is 2. The SMILES string of the molecule is CC(Sc1n[nH]c(C=Cc2cccs2)n1)C(=O)NCc1ccco1. The molecule has 1 unspecified atom stereocenters. The van der Waals surface area contributed by atoms with Gasteiger partial charge >= 0.3 is 0 Å². The quantitative estimate of drug-likeness (QED) is 0.631. The van der Waals surface area contributed by atoms with Crippen LogP contribution in [0, 0.1) is 0 Å². The standard InChI is InChI=1S/C16H16N4O2S2/c1-11(15(21)17-10-12-4-2-8-22-12)24-16-18-14(19-20-16)7-6-13-5-3-9-23-13/h2-9,11H,10H2,1H3,(H,17,21)(H,18,19,20). The highest BCUT2D eigenvalue weighted by atomic mass is 32.2.